The number of nitrogens with one attached hydrogen (secondary N) is 1. The summed E-state index contributed by atoms with van der Waals surface area (Å²) in [6.07, 6.45) is 2.53. The van der Waals surface area contributed by atoms with E-state index in [4.69, 9.17) is 9.72 Å². The van der Waals surface area contributed by atoms with Crippen LogP contribution in [0.25, 0.3) is 11.3 Å². The van der Waals surface area contributed by atoms with Gasteiger partial charge in [0.05, 0.1) is 17.8 Å². The van der Waals surface area contributed by atoms with Crippen LogP contribution in [0, 0.1) is 0 Å². The van der Waals surface area contributed by atoms with E-state index in [9.17, 15) is 4.79 Å². The summed E-state index contributed by atoms with van der Waals surface area (Å²) < 4.78 is 5.14. The molecule has 1 aliphatic carbocycles. The second-order valence-corrected chi connectivity index (χ2v) is 7.34. The highest BCUT2D eigenvalue weighted by atomic mass is 32.1. The third kappa shape index (κ3) is 3.78. The van der Waals surface area contributed by atoms with Gasteiger partial charge in [0.1, 0.15) is 5.75 Å². The van der Waals surface area contributed by atoms with Crippen molar-refractivity contribution >= 4 is 17.2 Å². The first-order chi connectivity index (χ1) is 12.7. The van der Waals surface area contributed by atoms with Gasteiger partial charge >= 0.3 is 0 Å². The maximum absolute atomic E-state index is 12.3. The number of aromatic nitrogens is 1. The first-order valence-corrected chi connectivity index (χ1v) is 9.58. The number of hydrogen-bond acceptors (Lipinski definition) is 4. The van der Waals surface area contributed by atoms with E-state index in [1.165, 1.54) is 17.8 Å². The first kappa shape index (κ1) is 16.8. The van der Waals surface area contributed by atoms with E-state index < -0.39 is 0 Å². The highest BCUT2D eigenvalue weighted by molar-refractivity contribution is 7.10. The van der Waals surface area contributed by atoms with Crippen molar-refractivity contribution in [2.45, 2.75) is 25.3 Å². The normalized spacial score (nSPS) is 13.4. The molecule has 4 rings (SSSR count). The van der Waals surface area contributed by atoms with Gasteiger partial charge in [-0.05, 0) is 42.7 Å². The predicted octanol–water partition coefficient (Wildman–Crippen LogP) is 4.63. The maximum Gasteiger partial charge on any atom is 0.251 e. The van der Waals surface area contributed by atoms with Crippen molar-refractivity contribution in [1.82, 2.24) is 10.3 Å². The van der Waals surface area contributed by atoms with Gasteiger partial charge in [0.25, 0.3) is 5.91 Å². The molecule has 1 saturated carbocycles. The molecule has 1 aliphatic rings. The summed E-state index contributed by atoms with van der Waals surface area (Å²) in [6.45, 7) is 0.488. The third-order valence-electron chi connectivity index (χ3n) is 4.50. The van der Waals surface area contributed by atoms with Crippen molar-refractivity contribution in [2.24, 2.45) is 0 Å². The van der Waals surface area contributed by atoms with E-state index in [1.54, 1.807) is 18.4 Å². The number of hydrogen-bond donors (Lipinski definition) is 1. The van der Waals surface area contributed by atoms with E-state index in [2.05, 4.69) is 10.7 Å². The molecule has 0 bridgehead atoms. The second-order valence-electron chi connectivity index (χ2n) is 6.45. The van der Waals surface area contributed by atoms with Crippen LogP contribution in [0.15, 0.2) is 53.9 Å². The zero-order valence-corrected chi connectivity index (χ0v) is 15.4. The molecule has 0 atom stereocenters. The Labute approximate surface area is 156 Å². The van der Waals surface area contributed by atoms with E-state index in [1.807, 2.05) is 48.5 Å². The van der Waals surface area contributed by atoms with Gasteiger partial charge in [-0.2, -0.15) is 0 Å². The Kier molecular flexibility index (Phi) is 4.71. The van der Waals surface area contributed by atoms with Crippen LogP contribution < -0.4 is 10.1 Å². The Hall–Kier alpha value is -2.66. The Balaban J connectivity index is 1.38. The summed E-state index contributed by atoms with van der Waals surface area (Å²) in [4.78, 5) is 17.1. The fourth-order valence-electron chi connectivity index (χ4n) is 2.76. The van der Waals surface area contributed by atoms with Crippen molar-refractivity contribution in [1.29, 1.82) is 0 Å². The number of thiazole rings is 1. The van der Waals surface area contributed by atoms with Crippen molar-refractivity contribution in [3.8, 4) is 17.0 Å². The van der Waals surface area contributed by atoms with Crippen LogP contribution in [0.2, 0.25) is 0 Å². The van der Waals surface area contributed by atoms with Gasteiger partial charge in [-0.25, -0.2) is 4.98 Å². The summed E-state index contributed by atoms with van der Waals surface area (Å²) >= 11 is 1.73. The number of ether oxygens (including phenoxy) is 1. The number of amides is 1. The van der Waals surface area contributed by atoms with Crippen LogP contribution >= 0.6 is 11.3 Å². The fourth-order valence-corrected chi connectivity index (χ4v) is 3.76. The average molecular weight is 364 g/mol. The second kappa shape index (κ2) is 7.30. The van der Waals surface area contributed by atoms with Crippen LogP contribution in [0.3, 0.4) is 0 Å². The Morgan fingerprint density at radius 1 is 1.15 bits per heavy atom. The molecule has 2 aromatic carbocycles. The summed E-state index contributed by atoms with van der Waals surface area (Å²) in [5.74, 6) is 1.41. The number of rotatable bonds is 6. The monoisotopic (exact) mass is 364 g/mol. The van der Waals surface area contributed by atoms with Crippen LogP contribution in [0.4, 0.5) is 0 Å². The van der Waals surface area contributed by atoms with Crippen molar-refractivity contribution in [2.75, 3.05) is 7.11 Å². The molecule has 1 fully saturated rings. The molecule has 4 nitrogen and oxygen atoms in total. The van der Waals surface area contributed by atoms with Crippen molar-refractivity contribution < 1.29 is 9.53 Å². The molecule has 1 aromatic heterocycles. The molecular weight excluding hydrogens is 344 g/mol. The van der Waals surface area contributed by atoms with Gasteiger partial charge in [0.2, 0.25) is 0 Å². The summed E-state index contributed by atoms with van der Waals surface area (Å²) in [5, 5.41) is 6.29. The van der Waals surface area contributed by atoms with Crippen LogP contribution in [0.5, 0.6) is 5.75 Å². The Morgan fingerprint density at radius 2 is 1.88 bits per heavy atom. The predicted molar refractivity (Wildman–Crippen MR) is 104 cm³/mol. The molecule has 0 unspecified atom stereocenters. The highest BCUT2D eigenvalue weighted by Gasteiger charge is 2.26. The van der Waals surface area contributed by atoms with E-state index >= 15 is 0 Å². The van der Waals surface area contributed by atoms with Crippen molar-refractivity contribution in [3.05, 3.63) is 70.0 Å². The van der Waals surface area contributed by atoms with Gasteiger partial charge in [-0.1, -0.05) is 24.3 Å². The molecule has 1 N–H and O–H groups in total. The first-order valence-electron chi connectivity index (χ1n) is 8.70. The number of methoxy groups -OCH3 is 1. The fraction of sp³-hybridized carbons (Fsp3) is 0.238. The standard InChI is InChI=1S/C21H20N2O2S/c1-25-18-10-2-14(3-11-18)12-22-20(24)16-6-4-15(5-7-16)19-13-26-21(23-19)17-8-9-17/h2-7,10-11,13,17H,8-9,12H2,1H3,(H,22,24). The van der Waals surface area contributed by atoms with Crippen LogP contribution in [0.1, 0.15) is 39.7 Å². The van der Waals surface area contributed by atoms with Crippen molar-refractivity contribution in [3.63, 3.8) is 0 Å². The molecule has 5 heteroatoms. The lowest BCUT2D eigenvalue weighted by Crippen LogP contribution is -2.22. The minimum Gasteiger partial charge on any atom is -0.497 e. The van der Waals surface area contributed by atoms with Gasteiger partial charge in [-0.3, -0.25) is 4.79 Å². The number of benzene rings is 2. The van der Waals surface area contributed by atoms with Gasteiger partial charge in [0, 0.05) is 29.0 Å². The molecule has 1 heterocycles. The quantitative estimate of drug-likeness (QED) is 0.694. The van der Waals surface area contributed by atoms with Crippen LogP contribution in [-0.4, -0.2) is 18.0 Å². The van der Waals surface area contributed by atoms with Gasteiger partial charge < -0.3 is 10.1 Å². The minimum atomic E-state index is -0.0793. The Bertz CT molecular complexity index is 897. The SMILES string of the molecule is COc1ccc(CNC(=O)c2ccc(-c3csc(C4CC4)n3)cc2)cc1. The minimum absolute atomic E-state index is 0.0793. The lowest BCUT2D eigenvalue weighted by atomic mass is 10.1. The number of nitrogens with zero attached hydrogens (tertiary/aromatic N) is 1. The van der Waals surface area contributed by atoms with E-state index in [0.29, 0.717) is 18.0 Å². The maximum atomic E-state index is 12.3. The number of carbonyl (C=O) groups is 1. The molecule has 132 valence electrons. The largest absolute Gasteiger partial charge is 0.497 e. The van der Waals surface area contributed by atoms with E-state index in [-0.39, 0.29) is 5.91 Å². The summed E-state index contributed by atoms with van der Waals surface area (Å²) in [7, 11) is 1.64. The highest BCUT2D eigenvalue weighted by Crippen LogP contribution is 2.42. The summed E-state index contributed by atoms with van der Waals surface area (Å²) in [6, 6.07) is 15.3. The third-order valence-corrected chi connectivity index (χ3v) is 5.51. The van der Waals surface area contributed by atoms with E-state index in [0.717, 1.165) is 22.6 Å². The van der Waals surface area contributed by atoms with Crippen LogP contribution in [-0.2, 0) is 6.54 Å². The molecule has 1 amide bonds. The van der Waals surface area contributed by atoms with Gasteiger partial charge in [-0.15, -0.1) is 11.3 Å². The molecule has 0 spiro atoms. The molecule has 0 aliphatic heterocycles. The topological polar surface area (TPSA) is 51.2 Å². The smallest absolute Gasteiger partial charge is 0.251 e. The number of carbonyl (C=O) groups excluding carboxylic acids is 1. The summed E-state index contributed by atoms with van der Waals surface area (Å²) in [5.41, 5.74) is 3.74. The lowest BCUT2D eigenvalue weighted by Gasteiger charge is -2.07. The zero-order chi connectivity index (χ0) is 17.9. The average Bonchev–Trinajstić information content (AvgIpc) is 3.43. The molecule has 0 radical (unpaired) electrons. The molecule has 0 saturated heterocycles. The molecular formula is C21H20N2O2S. The molecule has 3 aromatic rings. The molecule has 26 heavy (non-hydrogen) atoms. The lowest BCUT2D eigenvalue weighted by molar-refractivity contribution is 0.0951. The zero-order valence-electron chi connectivity index (χ0n) is 14.6. The van der Waals surface area contributed by atoms with Gasteiger partial charge in [0.15, 0.2) is 0 Å². The Morgan fingerprint density at radius 3 is 2.54 bits per heavy atom.